The van der Waals surface area contributed by atoms with Gasteiger partial charge in [0.25, 0.3) is 0 Å². The highest BCUT2D eigenvalue weighted by Crippen LogP contribution is 2.42. The predicted octanol–water partition coefficient (Wildman–Crippen LogP) is 8.51. The normalized spacial score (nSPS) is 17.3. The van der Waals surface area contributed by atoms with Crippen molar-refractivity contribution >= 4 is 33.4 Å². The van der Waals surface area contributed by atoms with Crippen molar-refractivity contribution < 1.29 is 9.59 Å². The lowest BCUT2D eigenvalue weighted by Gasteiger charge is -2.12. The van der Waals surface area contributed by atoms with Crippen LogP contribution >= 0.6 is 0 Å². The van der Waals surface area contributed by atoms with Crippen LogP contribution in [0.3, 0.4) is 0 Å². The first-order valence-corrected chi connectivity index (χ1v) is 13.8. The van der Waals surface area contributed by atoms with E-state index in [1.54, 1.807) is 0 Å². The minimum absolute atomic E-state index is 0.0697. The summed E-state index contributed by atoms with van der Waals surface area (Å²) in [5.41, 5.74) is 7.02. The molecule has 1 fully saturated rings. The minimum Gasteiger partial charge on any atom is -0.341 e. The molecule has 1 aliphatic carbocycles. The van der Waals surface area contributed by atoms with Gasteiger partial charge in [-0.15, -0.1) is 0 Å². The maximum absolute atomic E-state index is 13.4. The molecule has 1 aliphatic rings. The van der Waals surface area contributed by atoms with E-state index in [2.05, 4.69) is 41.8 Å². The van der Waals surface area contributed by atoms with Crippen LogP contribution in [0.2, 0.25) is 0 Å². The Morgan fingerprint density at radius 1 is 0.789 bits per heavy atom. The molecule has 5 aromatic rings. The van der Waals surface area contributed by atoms with Gasteiger partial charge in [-0.25, -0.2) is 0 Å². The molecule has 0 N–H and O–H groups in total. The summed E-state index contributed by atoms with van der Waals surface area (Å²) in [6, 6.07) is 30.5. The van der Waals surface area contributed by atoms with E-state index in [0.717, 1.165) is 53.4 Å². The molecule has 3 heteroatoms. The van der Waals surface area contributed by atoms with Crippen LogP contribution < -0.4 is 0 Å². The molecule has 4 aromatic carbocycles. The van der Waals surface area contributed by atoms with Crippen molar-refractivity contribution in [3.05, 3.63) is 119 Å². The van der Waals surface area contributed by atoms with Crippen LogP contribution in [0.25, 0.3) is 21.8 Å². The van der Waals surface area contributed by atoms with E-state index in [9.17, 15) is 9.59 Å². The highest BCUT2D eigenvalue weighted by Gasteiger charge is 2.28. The maximum Gasteiger partial charge on any atom is 0.193 e. The number of hydrogen-bond acceptors (Lipinski definition) is 2. The van der Waals surface area contributed by atoms with Gasteiger partial charge >= 0.3 is 0 Å². The number of fused-ring (bicyclic) bond motifs is 3. The first-order valence-electron chi connectivity index (χ1n) is 13.8. The van der Waals surface area contributed by atoms with Crippen LogP contribution in [0.5, 0.6) is 0 Å². The molecule has 38 heavy (non-hydrogen) atoms. The summed E-state index contributed by atoms with van der Waals surface area (Å²) in [7, 11) is 0. The predicted molar refractivity (Wildman–Crippen MR) is 155 cm³/mol. The number of carbonyl (C=O) groups excluding carboxylic acids is 2. The zero-order chi connectivity index (χ0) is 26.2. The SMILES string of the molecule is CCn1c2ccc(C(=O)c3ccccc3C)cc2c2cc(C3CCC(CC(=O)c4ccccc4)C3)ccc21. The molecule has 1 aromatic heterocycles. The monoisotopic (exact) mass is 499 g/mol. The summed E-state index contributed by atoms with van der Waals surface area (Å²) in [6.45, 7) is 5.03. The number of nitrogens with zero attached hydrogens (tertiary/aromatic N) is 1. The van der Waals surface area contributed by atoms with E-state index in [1.165, 1.54) is 22.0 Å². The third kappa shape index (κ3) is 4.36. The highest BCUT2D eigenvalue weighted by molar-refractivity contribution is 6.15. The molecule has 1 saturated carbocycles. The smallest absolute Gasteiger partial charge is 0.193 e. The van der Waals surface area contributed by atoms with E-state index in [4.69, 9.17) is 0 Å². The average molecular weight is 500 g/mol. The summed E-state index contributed by atoms with van der Waals surface area (Å²) in [4.78, 5) is 26.2. The quantitative estimate of drug-likeness (QED) is 0.211. The maximum atomic E-state index is 13.4. The molecule has 0 radical (unpaired) electrons. The molecule has 0 bridgehead atoms. The molecule has 3 nitrogen and oxygen atoms in total. The van der Waals surface area contributed by atoms with Crippen LogP contribution in [-0.4, -0.2) is 16.1 Å². The van der Waals surface area contributed by atoms with E-state index in [1.807, 2.05) is 67.6 Å². The number of Topliss-reactive ketones (excluding diaryl/α,β-unsaturated/α-hetero) is 1. The molecule has 6 rings (SSSR count). The van der Waals surface area contributed by atoms with E-state index < -0.39 is 0 Å². The Morgan fingerprint density at radius 2 is 1.50 bits per heavy atom. The van der Waals surface area contributed by atoms with Crippen molar-refractivity contribution in [1.29, 1.82) is 0 Å². The van der Waals surface area contributed by atoms with E-state index >= 15 is 0 Å². The second-order valence-electron chi connectivity index (χ2n) is 10.8. The zero-order valence-corrected chi connectivity index (χ0v) is 22.1. The number of aryl methyl sites for hydroxylation is 2. The Bertz CT molecular complexity index is 1660. The Morgan fingerprint density at radius 3 is 2.26 bits per heavy atom. The minimum atomic E-state index is 0.0697. The lowest BCUT2D eigenvalue weighted by molar-refractivity contribution is 0.0961. The number of hydrogen-bond donors (Lipinski definition) is 0. The Kier molecular flexibility index (Phi) is 6.45. The summed E-state index contributed by atoms with van der Waals surface area (Å²) >= 11 is 0. The van der Waals surface area contributed by atoms with Gasteiger partial charge in [-0.3, -0.25) is 9.59 Å². The van der Waals surface area contributed by atoms with Crippen LogP contribution in [0, 0.1) is 12.8 Å². The van der Waals surface area contributed by atoms with Gasteiger partial charge in [-0.05, 0) is 86.4 Å². The van der Waals surface area contributed by atoms with Crippen LogP contribution in [0.4, 0.5) is 0 Å². The number of ketones is 2. The second-order valence-corrected chi connectivity index (χ2v) is 10.8. The van der Waals surface area contributed by atoms with Crippen molar-refractivity contribution in [2.24, 2.45) is 5.92 Å². The second kappa shape index (κ2) is 10.1. The largest absolute Gasteiger partial charge is 0.341 e. The Balaban J connectivity index is 1.31. The molecule has 2 unspecified atom stereocenters. The van der Waals surface area contributed by atoms with Gasteiger partial charge in [0.05, 0.1) is 0 Å². The zero-order valence-electron chi connectivity index (χ0n) is 22.1. The molecule has 0 spiro atoms. The molecule has 190 valence electrons. The van der Waals surface area contributed by atoms with Gasteiger partial charge in [0, 0.05) is 51.5 Å². The molecule has 0 amide bonds. The van der Waals surface area contributed by atoms with Gasteiger partial charge in [0.15, 0.2) is 11.6 Å². The first kappa shape index (κ1) is 24.4. The van der Waals surface area contributed by atoms with Crippen molar-refractivity contribution in [3.63, 3.8) is 0 Å². The summed E-state index contributed by atoms with van der Waals surface area (Å²) in [5, 5.41) is 2.35. The fourth-order valence-corrected chi connectivity index (χ4v) is 6.41. The molecule has 1 heterocycles. The van der Waals surface area contributed by atoms with Gasteiger partial charge in [-0.2, -0.15) is 0 Å². The molecule has 0 saturated heterocycles. The Labute approximate surface area is 224 Å². The van der Waals surface area contributed by atoms with Crippen LogP contribution in [-0.2, 0) is 6.54 Å². The molecule has 2 atom stereocenters. The topological polar surface area (TPSA) is 39.1 Å². The first-order chi connectivity index (χ1) is 18.5. The third-order valence-electron chi connectivity index (χ3n) is 8.44. The fraction of sp³-hybridized carbons (Fsp3) is 0.257. The van der Waals surface area contributed by atoms with Crippen molar-refractivity contribution in [2.75, 3.05) is 0 Å². The number of carbonyl (C=O) groups is 2. The summed E-state index contributed by atoms with van der Waals surface area (Å²) < 4.78 is 2.34. The third-order valence-corrected chi connectivity index (χ3v) is 8.44. The number of aromatic nitrogens is 1. The summed E-state index contributed by atoms with van der Waals surface area (Å²) in [6.07, 6.45) is 3.88. The molecular weight excluding hydrogens is 466 g/mol. The van der Waals surface area contributed by atoms with Gasteiger partial charge in [-0.1, -0.05) is 60.7 Å². The van der Waals surface area contributed by atoms with Crippen LogP contribution in [0.15, 0.2) is 91.0 Å². The summed E-state index contributed by atoms with van der Waals surface area (Å²) in [5.74, 6) is 1.22. The number of benzene rings is 4. The van der Waals surface area contributed by atoms with Gasteiger partial charge < -0.3 is 4.57 Å². The molecular formula is C35H33NO2. The van der Waals surface area contributed by atoms with E-state index in [0.29, 0.717) is 18.3 Å². The van der Waals surface area contributed by atoms with E-state index in [-0.39, 0.29) is 11.6 Å². The van der Waals surface area contributed by atoms with Crippen LogP contribution in [0.1, 0.15) is 75.9 Å². The Hall–Kier alpha value is -3.98. The fourth-order valence-electron chi connectivity index (χ4n) is 6.41. The van der Waals surface area contributed by atoms with Gasteiger partial charge in [0.2, 0.25) is 0 Å². The van der Waals surface area contributed by atoms with Crippen molar-refractivity contribution in [3.8, 4) is 0 Å². The molecule has 0 aliphatic heterocycles. The highest BCUT2D eigenvalue weighted by atomic mass is 16.1. The lowest BCUT2D eigenvalue weighted by Crippen LogP contribution is -2.06. The standard InChI is InChI=1S/C35H33NO2/c1-3-36-32-17-15-27(26-14-13-24(19-26)20-34(37)25-10-5-4-6-11-25)21-30(32)31-22-28(16-18-33(31)36)35(38)29-12-8-7-9-23(29)2/h4-12,15-18,21-22,24,26H,3,13-14,19-20H2,1-2H3. The van der Waals surface area contributed by atoms with Gasteiger partial charge in [0.1, 0.15) is 0 Å². The van der Waals surface area contributed by atoms with Crippen molar-refractivity contribution in [2.45, 2.75) is 52.0 Å². The average Bonchev–Trinajstić information content (AvgIpc) is 3.55. The number of rotatable bonds is 7. The lowest BCUT2D eigenvalue weighted by atomic mass is 9.92. The van der Waals surface area contributed by atoms with Crippen molar-refractivity contribution in [1.82, 2.24) is 4.57 Å².